The second kappa shape index (κ2) is 8.08. The van der Waals surface area contributed by atoms with E-state index in [1.165, 1.54) is 25.7 Å². The lowest BCUT2D eigenvalue weighted by atomic mass is 9.47. The summed E-state index contributed by atoms with van der Waals surface area (Å²) in [5.74, 6) is 0.0659. The van der Waals surface area contributed by atoms with Gasteiger partial charge in [-0.05, 0) is 25.2 Å². The van der Waals surface area contributed by atoms with E-state index in [0.29, 0.717) is 19.1 Å². The predicted octanol–water partition coefficient (Wildman–Crippen LogP) is 3.80. The first-order valence-electron chi connectivity index (χ1n) is 10.3. The van der Waals surface area contributed by atoms with E-state index in [0.717, 1.165) is 32.1 Å². The second-order valence-electron chi connectivity index (χ2n) is 8.52. The molecule has 0 aromatic heterocycles. The van der Waals surface area contributed by atoms with Crippen LogP contribution in [0.3, 0.4) is 0 Å². The van der Waals surface area contributed by atoms with Gasteiger partial charge in [-0.1, -0.05) is 58.1 Å². The number of hydrogen-bond donors (Lipinski definition) is 2. The molecule has 1 aliphatic heterocycles. The topological polar surface area (TPSA) is 58.9 Å². The van der Waals surface area contributed by atoms with Gasteiger partial charge in [-0.3, -0.25) is 0 Å². The molecular formula is C21H36O4. The first-order chi connectivity index (χ1) is 12.0. The third kappa shape index (κ3) is 3.69. The van der Waals surface area contributed by atoms with E-state index in [2.05, 4.69) is 19.9 Å². The van der Waals surface area contributed by atoms with Crippen LogP contribution in [-0.2, 0) is 9.47 Å². The maximum Gasteiger partial charge on any atom is 0.174 e. The average Bonchev–Trinajstić information content (AvgIpc) is 3.10. The molecule has 0 amide bonds. The molecule has 0 aromatic carbocycles. The normalized spacial score (nSPS) is 38.0. The van der Waals surface area contributed by atoms with Crippen LogP contribution in [0.5, 0.6) is 0 Å². The molecule has 4 heteroatoms. The van der Waals surface area contributed by atoms with Crippen molar-refractivity contribution in [3.63, 3.8) is 0 Å². The Morgan fingerprint density at radius 3 is 2.60 bits per heavy atom. The molecular weight excluding hydrogens is 316 g/mol. The molecule has 3 aliphatic rings. The lowest BCUT2D eigenvalue weighted by Crippen LogP contribution is -2.67. The van der Waals surface area contributed by atoms with Gasteiger partial charge in [0, 0.05) is 17.8 Å². The van der Waals surface area contributed by atoms with Gasteiger partial charge >= 0.3 is 0 Å². The molecule has 1 heterocycles. The first-order valence-corrected chi connectivity index (χ1v) is 10.3. The predicted molar refractivity (Wildman–Crippen MR) is 98.1 cm³/mol. The summed E-state index contributed by atoms with van der Waals surface area (Å²) >= 11 is 0. The Morgan fingerprint density at radius 1 is 1.16 bits per heavy atom. The molecule has 2 aliphatic carbocycles. The lowest BCUT2D eigenvalue weighted by molar-refractivity contribution is -0.344. The van der Waals surface area contributed by atoms with Crippen molar-refractivity contribution in [2.45, 2.75) is 89.6 Å². The van der Waals surface area contributed by atoms with E-state index in [1.807, 2.05) is 6.08 Å². The standard InChI is InChI=1S/C21H36O4/c1-3-4-5-6-7-8-16(22)9-10-17-18-15-21(24-13-14-25-21)20(18,2)12-11-19(17)23/h9-10,16-19,22-23H,3-8,11-15H2,1-2H3/b10-9+/t16-,17+,18+,19+,20-/m0/s1. The number of unbranched alkanes of at least 4 members (excludes halogenated alkanes) is 4. The molecule has 3 rings (SSSR count). The highest BCUT2D eigenvalue weighted by Gasteiger charge is 2.69. The maximum absolute atomic E-state index is 10.5. The molecule has 25 heavy (non-hydrogen) atoms. The minimum absolute atomic E-state index is 0.0111. The average molecular weight is 353 g/mol. The fourth-order valence-electron chi connectivity index (χ4n) is 5.22. The zero-order chi connectivity index (χ0) is 17.9. The molecule has 5 atom stereocenters. The quantitative estimate of drug-likeness (QED) is 0.515. The number of aliphatic hydroxyl groups excluding tert-OH is 2. The fourth-order valence-corrected chi connectivity index (χ4v) is 5.22. The van der Waals surface area contributed by atoms with Crippen LogP contribution in [0.2, 0.25) is 0 Å². The maximum atomic E-state index is 10.5. The molecule has 0 radical (unpaired) electrons. The van der Waals surface area contributed by atoms with Gasteiger partial charge in [0.15, 0.2) is 5.79 Å². The SMILES string of the molecule is CCCCCCC[C@H](O)/C=C/[C@H]1[C@H](O)CC[C@@]2(C)[C@@H]1CC21OCCO1. The number of fused-ring (bicyclic) bond motifs is 2. The summed E-state index contributed by atoms with van der Waals surface area (Å²) in [4.78, 5) is 0. The minimum Gasteiger partial charge on any atom is -0.393 e. The van der Waals surface area contributed by atoms with E-state index in [-0.39, 0.29) is 17.4 Å². The van der Waals surface area contributed by atoms with Crippen molar-refractivity contribution in [1.82, 2.24) is 0 Å². The summed E-state index contributed by atoms with van der Waals surface area (Å²) in [5, 5.41) is 20.8. The smallest absolute Gasteiger partial charge is 0.174 e. The third-order valence-corrected chi connectivity index (χ3v) is 6.96. The highest BCUT2D eigenvalue weighted by atomic mass is 16.7. The molecule has 3 fully saturated rings. The molecule has 0 bridgehead atoms. The van der Waals surface area contributed by atoms with Crippen LogP contribution < -0.4 is 0 Å². The molecule has 2 N–H and O–H groups in total. The van der Waals surface area contributed by atoms with Crippen LogP contribution in [0, 0.1) is 17.3 Å². The van der Waals surface area contributed by atoms with Crippen molar-refractivity contribution in [2.75, 3.05) is 13.2 Å². The summed E-state index contributed by atoms with van der Waals surface area (Å²) in [5.41, 5.74) is -0.0111. The van der Waals surface area contributed by atoms with E-state index in [4.69, 9.17) is 9.47 Å². The van der Waals surface area contributed by atoms with Crippen LogP contribution in [0.25, 0.3) is 0 Å². The van der Waals surface area contributed by atoms with Gasteiger partial charge in [-0.25, -0.2) is 0 Å². The van der Waals surface area contributed by atoms with E-state index < -0.39 is 11.9 Å². The van der Waals surface area contributed by atoms with Gasteiger partial charge in [0.2, 0.25) is 0 Å². The summed E-state index contributed by atoms with van der Waals surface area (Å²) in [6.45, 7) is 5.83. The molecule has 2 saturated carbocycles. The van der Waals surface area contributed by atoms with Crippen LogP contribution >= 0.6 is 0 Å². The molecule has 1 spiro atoms. The summed E-state index contributed by atoms with van der Waals surface area (Å²) in [6.07, 6.45) is 12.8. The second-order valence-corrected chi connectivity index (χ2v) is 8.52. The number of aliphatic hydroxyl groups is 2. The van der Waals surface area contributed by atoms with Gasteiger partial charge < -0.3 is 19.7 Å². The van der Waals surface area contributed by atoms with Crippen LogP contribution in [0.4, 0.5) is 0 Å². The molecule has 4 nitrogen and oxygen atoms in total. The van der Waals surface area contributed by atoms with Gasteiger partial charge in [-0.15, -0.1) is 0 Å². The van der Waals surface area contributed by atoms with Crippen molar-refractivity contribution in [3.05, 3.63) is 12.2 Å². The largest absolute Gasteiger partial charge is 0.393 e. The monoisotopic (exact) mass is 352 g/mol. The van der Waals surface area contributed by atoms with Crippen molar-refractivity contribution in [3.8, 4) is 0 Å². The molecule has 144 valence electrons. The molecule has 0 aromatic rings. The van der Waals surface area contributed by atoms with Crippen molar-refractivity contribution in [1.29, 1.82) is 0 Å². The molecule has 0 unspecified atom stereocenters. The number of ether oxygens (including phenoxy) is 2. The van der Waals surface area contributed by atoms with Crippen molar-refractivity contribution >= 4 is 0 Å². The van der Waals surface area contributed by atoms with E-state index in [1.54, 1.807) is 0 Å². The highest BCUT2D eigenvalue weighted by Crippen LogP contribution is 2.66. The minimum atomic E-state index is -0.415. The summed E-state index contributed by atoms with van der Waals surface area (Å²) in [7, 11) is 0. The Kier molecular flexibility index (Phi) is 6.25. The molecule has 1 saturated heterocycles. The number of rotatable bonds is 8. The highest BCUT2D eigenvalue weighted by molar-refractivity contribution is 5.17. The van der Waals surface area contributed by atoms with E-state index in [9.17, 15) is 10.2 Å². The van der Waals surface area contributed by atoms with Gasteiger partial charge in [0.1, 0.15) is 0 Å². The van der Waals surface area contributed by atoms with Gasteiger partial charge in [0.25, 0.3) is 0 Å². The summed E-state index contributed by atoms with van der Waals surface area (Å²) < 4.78 is 11.9. The Balaban J connectivity index is 1.53. The van der Waals surface area contributed by atoms with Gasteiger partial charge in [-0.2, -0.15) is 0 Å². The van der Waals surface area contributed by atoms with Crippen molar-refractivity contribution in [2.24, 2.45) is 17.3 Å². The fraction of sp³-hybridized carbons (Fsp3) is 0.905. The van der Waals surface area contributed by atoms with Crippen LogP contribution in [-0.4, -0.2) is 41.4 Å². The Morgan fingerprint density at radius 2 is 1.88 bits per heavy atom. The number of hydrogen-bond acceptors (Lipinski definition) is 4. The summed E-state index contributed by atoms with van der Waals surface area (Å²) in [6, 6.07) is 0. The Bertz CT molecular complexity index is 457. The van der Waals surface area contributed by atoms with Gasteiger partial charge in [0.05, 0.1) is 25.4 Å². The zero-order valence-corrected chi connectivity index (χ0v) is 16.0. The first kappa shape index (κ1) is 19.3. The van der Waals surface area contributed by atoms with Crippen LogP contribution in [0.1, 0.15) is 71.6 Å². The Hall–Kier alpha value is -0.420. The van der Waals surface area contributed by atoms with E-state index >= 15 is 0 Å². The lowest BCUT2D eigenvalue weighted by Gasteiger charge is -2.64. The third-order valence-electron chi connectivity index (χ3n) is 6.96. The Labute approximate surface area is 152 Å². The van der Waals surface area contributed by atoms with Crippen LogP contribution in [0.15, 0.2) is 12.2 Å². The zero-order valence-electron chi connectivity index (χ0n) is 16.0. The van der Waals surface area contributed by atoms with Crippen molar-refractivity contribution < 1.29 is 19.7 Å².